The zero-order valence-corrected chi connectivity index (χ0v) is 18.0. The summed E-state index contributed by atoms with van der Waals surface area (Å²) >= 11 is 5.85. The smallest absolute Gasteiger partial charge is 0.339 e. The fourth-order valence-corrected chi connectivity index (χ4v) is 3.38. The number of halogens is 1. The van der Waals surface area contributed by atoms with Gasteiger partial charge >= 0.3 is 5.97 Å². The average molecular weight is 420 g/mol. The Morgan fingerprint density at radius 3 is 2.69 bits per heavy atom. The topological polar surface area (TPSA) is 68.0 Å². The van der Waals surface area contributed by atoms with Gasteiger partial charge in [-0.1, -0.05) is 24.3 Å². The lowest BCUT2D eigenvalue weighted by molar-refractivity contribution is -0.135. The van der Waals surface area contributed by atoms with Crippen molar-refractivity contribution in [1.82, 2.24) is 9.80 Å². The van der Waals surface area contributed by atoms with E-state index in [1.807, 2.05) is 6.08 Å². The number of allylic oxidation sites excluding steroid dienone is 6. The van der Waals surface area contributed by atoms with E-state index >= 15 is 0 Å². The van der Waals surface area contributed by atoms with Crippen molar-refractivity contribution in [2.24, 2.45) is 5.73 Å². The average Bonchev–Trinajstić information content (AvgIpc) is 3.10. The van der Waals surface area contributed by atoms with Crippen LogP contribution < -0.4 is 5.73 Å². The molecule has 6 nitrogen and oxygen atoms in total. The zero-order chi connectivity index (χ0) is 21.2. The minimum absolute atomic E-state index is 0.208. The second kappa shape index (κ2) is 11.5. The molecule has 7 heteroatoms. The molecule has 0 amide bonds. The number of nitrogens with two attached hydrogens (primary N) is 1. The molecule has 158 valence electrons. The van der Waals surface area contributed by atoms with Crippen molar-refractivity contribution in [3.05, 3.63) is 70.8 Å². The molecule has 1 heterocycles. The van der Waals surface area contributed by atoms with Crippen LogP contribution in [0.3, 0.4) is 0 Å². The number of nitrogens with zero attached hydrogens (tertiary/aromatic N) is 2. The second-order valence-corrected chi connectivity index (χ2v) is 7.23. The van der Waals surface area contributed by atoms with E-state index in [0.717, 1.165) is 49.5 Å². The third kappa shape index (κ3) is 6.54. The number of rotatable bonds is 7. The van der Waals surface area contributed by atoms with E-state index in [1.165, 1.54) is 7.11 Å². The first-order valence-electron chi connectivity index (χ1n) is 9.65. The van der Waals surface area contributed by atoms with Gasteiger partial charge in [0.2, 0.25) is 0 Å². The molecular weight excluding hydrogens is 390 g/mol. The predicted molar refractivity (Wildman–Crippen MR) is 117 cm³/mol. The number of carbonyl (C=O) groups is 1. The van der Waals surface area contributed by atoms with Crippen LogP contribution in [0, 0.1) is 0 Å². The first kappa shape index (κ1) is 22.8. The molecule has 0 radical (unpaired) electrons. The van der Waals surface area contributed by atoms with Gasteiger partial charge < -0.3 is 25.0 Å². The third-order valence-electron chi connectivity index (χ3n) is 4.84. The van der Waals surface area contributed by atoms with Gasteiger partial charge in [-0.25, -0.2) is 4.79 Å². The molecular formula is C22H30ClN3O3. The number of methoxy groups -OCH3 is 2. The summed E-state index contributed by atoms with van der Waals surface area (Å²) in [4.78, 5) is 16.8. The van der Waals surface area contributed by atoms with Crippen molar-refractivity contribution in [2.45, 2.75) is 19.3 Å². The van der Waals surface area contributed by atoms with Crippen LogP contribution >= 0.6 is 11.6 Å². The predicted octanol–water partition coefficient (Wildman–Crippen LogP) is 3.41. The molecule has 0 saturated carbocycles. The van der Waals surface area contributed by atoms with Gasteiger partial charge in [0.1, 0.15) is 0 Å². The maximum absolute atomic E-state index is 12.4. The Labute approximate surface area is 178 Å². The summed E-state index contributed by atoms with van der Waals surface area (Å²) in [6.45, 7) is 6.19. The van der Waals surface area contributed by atoms with Crippen LogP contribution in [0.2, 0.25) is 0 Å². The first-order chi connectivity index (χ1) is 14.0. The molecule has 29 heavy (non-hydrogen) atoms. The van der Waals surface area contributed by atoms with E-state index in [4.69, 9.17) is 26.8 Å². The number of hydrogen-bond donors (Lipinski definition) is 1. The summed E-state index contributed by atoms with van der Waals surface area (Å²) in [5.74, 6) is 0.474. The quantitative estimate of drug-likeness (QED) is 0.387. The van der Waals surface area contributed by atoms with E-state index in [-0.39, 0.29) is 6.54 Å². The van der Waals surface area contributed by atoms with Crippen LogP contribution in [0.4, 0.5) is 0 Å². The molecule has 2 aliphatic rings. The molecule has 0 aromatic heterocycles. The lowest BCUT2D eigenvalue weighted by atomic mass is 10.1. The van der Waals surface area contributed by atoms with Crippen LogP contribution in [-0.4, -0.2) is 56.3 Å². The first-order valence-corrected chi connectivity index (χ1v) is 10.0. The lowest BCUT2D eigenvalue weighted by Crippen LogP contribution is -2.38. The van der Waals surface area contributed by atoms with Crippen molar-refractivity contribution in [3.8, 4) is 0 Å². The lowest BCUT2D eigenvalue weighted by Gasteiger charge is -2.33. The highest BCUT2D eigenvalue weighted by atomic mass is 35.5. The molecule has 1 fully saturated rings. The van der Waals surface area contributed by atoms with Gasteiger partial charge in [0.05, 0.1) is 32.2 Å². The van der Waals surface area contributed by atoms with Crippen LogP contribution in [0.5, 0.6) is 0 Å². The number of ether oxygens (including phenoxy) is 2. The summed E-state index contributed by atoms with van der Waals surface area (Å²) in [6.07, 6.45) is 14.3. The molecule has 0 aromatic carbocycles. The van der Waals surface area contributed by atoms with Gasteiger partial charge in [-0.2, -0.15) is 0 Å². The van der Waals surface area contributed by atoms with Gasteiger partial charge in [0.25, 0.3) is 0 Å². The Bertz CT molecular complexity index is 765. The highest BCUT2D eigenvalue weighted by molar-refractivity contribution is 6.30. The summed E-state index contributed by atoms with van der Waals surface area (Å²) < 4.78 is 10.3. The minimum Gasteiger partial charge on any atom is -0.501 e. The summed E-state index contributed by atoms with van der Waals surface area (Å²) in [5.41, 5.74) is 8.29. The molecule has 0 spiro atoms. The van der Waals surface area contributed by atoms with Crippen molar-refractivity contribution >= 4 is 17.6 Å². The highest BCUT2D eigenvalue weighted by Gasteiger charge is 2.23. The van der Waals surface area contributed by atoms with E-state index in [0.29, 0.717) is 17.3 Å². The van der Waals surface area contributed by atoms with Crippen molar-refractivity contribution in [1.29, 1.82) is 0 Å². The van der Waals surface area contributed by atoms with E-state index in [2.05, 4.69) is 34.6 Å². The maximum atomic E-state index is 12.4. The van der Waals surface area contributed by atoms with Gasteiger partial charge in [0, 0.05) is 42.5 Å². The Kier molecular flexibility index (Phi) is 9.09. The maximum Gasteiger partial charge on any atom is 0.339 e. The molecule has 1 saturated heterocycles. The second-order valence-electron chi connectivity index (χ2n) is 6.75. The third-order valence-corrected chi connectivity index (χ3v) is 4.97. The number of carbonyl (C=O) groups excluding carboxylic acids is 1. The van der Waals surface area contributed by atoms with Crippen molar-refractivity contribution in [3.63, 3.8) is 0 Å². The van der Waals surface area contributed by atoms with Gasteiger partial charge in [-0.15, -0.1) is 0 Å². The molecule has 0 aromatic rings. The Morgan fingerprint density at radius 1 is 1.28 bits per heavy atom. The van der Waals surface area contributed by atoms with Crippen molar-refractivity contribution in [2.75, 3.05) is 40.5 Å². The Balaban J connectivity index is 2.37. The van der Waals surface area contributed by atoms with E-state index < -0.39 is 5.97 Å². The SMILES string of the molecule is C=C(Cl)/C=C\C(C(=O)OC)=C(/CN)N1CCCCN(C2=CC=C(OC)CC=C2)C1. The highest BCUT2D eigenvalue weighted by Crippen LogP contribution is 2.22. The minimum atomic E-state index is -0.448. The Morgan fingerprint density at radius 2 is 2.03 bits per heavy atom. The number of hydrogen-bond acceptors (Lipinski definition) is 6. The zero-order valence-electron chi connectivity index (χ0n) is 17.2. The number of esters is 1. The molecule has 2 N–H and O–H groups in total. The summed E-state index contributed by atoms with van der Waals surface area (Å²) in [6, 6.07) is 0. The molecule has 2 rings (SSSR count). The Hall–Kier alpha value is -2.44. The normalized spacial score (nSPS) is 18.5. The molecule has 1 aliphatic carbocycles. The molecule has 1 aliphatic heterocycles. The van der Waals surface area contributed by atoms with Gasteiger partial charge in [0.15, 0.2) is 0 Å². The van der Waals surface area contributed by atoms with Gasteiger partial charge in [-0.3, -0.25) is 0 Å². The van der Waals surface area contributed by atoms with E-state index in [9.17, 15) is 4.79 Å². The fraction of sp³-hybridized carbons (Fsp3) is 0.409. The fourth-order valence-electron chi connectivity index (χ4n) is 3.32. The van der Waals surface area contributed by atoms with Crippen LogP contribution in [0.25, 0.3) is 0 Å². The monoisotopic (exact) mass is 419 g/mol. The largest absolute Gasteiger partial charge is 0.501 e. The summed E-state index contributed by atoms with van der Waals surface area (Å²) in [7, 11) is 3.04. The van der Waals surface area contributed by atoms with E-state index in [1.54, 1.807) is 19.3 Å². The van der Waals surface area contributed by atoms with Crippen LogP contribution in [0.1, 0.15) is 19.3 Å². The van der Waals surface area contributed by atoms with Gasteiger partial charge in [-0.05, 0) is 43.2 Å². The molecule has 0 atom stereocenters. The molecule has 0 bridgehead atoms. The van der Waals surface area contributed by atoms with Crippen LogP contribution in [-0.2, 0) is 14.3 Å². The molecule has 0 unspecified atom stereocenters. The summed E-state index contributed by atoms with van der Waals surface area (Å²) in [5, 5.41) is 0.328. The standard InChI is InChI=1S/C22H30ClN3O3/c1-17(23)9-12-20(22(27)29-3)21(15-24)26-14-5-4-13-25(16-26)18-7-6-8-19(28-2)11-10-18/h6-7,9-12H,1,4-5,8,13-16,24H2,2-3H3/b12-9-,21-20-. The van der Waals surface area contributed by atoms with Crippen molar-refractivity contribution < 1.29 is 14.3 Å². The van der Waals surface area contributed by atoms with Crippen LogP contribution in [0.15, 0.2) is 70.8 Å².